The van der Waals surface area contributed by atoms with Crippen LogP contribution in [0.1, 0.15) is 5.56 Å². The molecular formula is C14H11N3OS2. The number of carbonyl (C=O) groups excluding carboxylic acids is 1. The number of thiophene rings is 1. The first kappa shape index (κ1) is 13.1. The molecule has 2 heterocycles. The number of nitrogens with one attached hydrogen (secondary N) is 1. The van der Waals surface area contributed by atoms with Crippen LogP contribution in [0.25, 0.3) is 10.4 Å². The van der Waals surface area contributed by atoms with E-state index in [4.69, 9.17) is 0 Å². The minimum atomic E-state index is -0.0244. The molecule has 0 spiro atoms. The molecule has 0 saturated carbocycles. The molecule has 0 aliphatic carbocycles. The number of amides is 1. The van der Waals surface area contributed by atoms with Crippen LogP contribution in [0.2, 0.25) is 0 Å². The molecule has 1 N–H and O–H groups in total. The molecule has 4 nitrogen and oxygen atoms in total. The standard InChI is InChI=1S/C14H11N3OS2/c18-13-9-20-14(16-13)17-15-8-10-3-1-4-11(7-10)12-5-2-6-19-12/h1-8H,9H2,(H,16,17,18). The first-order valence-corrected chi connectivity index (χ1v) is 7.85. The molecule has 1 fully saturated rings. The second-order valence-electron chi connectivity index (χ2n) is 4.09. The van der Waals surface area contributed by atoms with Crippen molar-refractivity contribution in [2.24, 2.45) is 10.2 Å². The van der Waals surface area contributed by atoms with Gasteiger partial charge in [0.2, 0.25) is 5.91 Å². The van der Waals surface area contributed by atoms with E-state index in [-0.39, 0.29) is 5.91 Å². The number of benzene rings is 1. The van der Waals surface area contributed by atoms with Gasteiger partial charge in [-0.2, -0.15) is 5.10 Å². The van der Waals surface area contributed by atoms with Crippen LogP contribution in [-0.2, 0) is 4.79 Å². The highest BCUT2D eigenvalue weighted by molar-refractivity contribution is 8.15. The Hall–Kier alpha value is -1.92. The fraction of sp³-hybridized carbons (Fsp3) is 0.0714. The van der Waals surface area contributed by atoms with Gasteiger partial charge in [-0.25, -0.2) is 0 Å². The Morgan fingerprint density at radius 1 is 1.25 bits per heavy atom. The Morgan fingerprint density at radius 2 is 2.20 bits per heavy atom. The Labute approximate surface area is 124 Å². The Morgan fingerprint density at radius 3 is 2.95 bits per heavy atom. The first-order valence-electron chi connectivity index (χ1n) is 5.99. The van der Waals surface area contributed by atoms with E-state index >= 15 is 0 Å². The SMILES string of the molecule is O=C1CSC(=NN=Cc2cccc(-c3cccs3)c2)N1. The number of amidine groups is 1. The van der Waals surface area contributed by atoms with Gasteiger partial charge in [-0.3, -0.25) is 4.79 Å². The summed E-state index contributed by atoms with van der Waals surface area (Å²) in [5.74, 6) is 0.394. The smallest absolute Gasteiger partial charge is 0.236 e. The molecule has 1 amide bonds. The second kappa shape index (κ2) is 6.02. The quantitative estimate of drug-likeness (QED) is 0.700. The average molecular weight is 301 g/mol. The van der Waals surface area contributed by atoms with Crippen LogP contribution in [-0.4, -0.2) is 23.0 Å². The normalized spacial score (nSPS) is 17.0. The topological polar surface area (TPSA) is 53.8 Å². The van der Waals surface area contributed by atoms with Gasteiger partial charge in [0.05, 0.1) is 12.0 Å². The van der Waals surface area contributed by atoms with E-state index in [1.54, 1.807) is 17.6 Å². The molecule has 6 heteroatoms. The largest absolute Gasteiger partial charge is 0.303 e. The van der Waals surface area contributed by atoms with Crippen molar-refractivity contribution in [3.63, 3.8) is 0 Å². The third-order valence-corrected chi connectivity index (χ3v) is 4.42. The summed E-state index contributed by atoms with van der Waals surface area (Å²) in [5, 5.41) is 13.2. The van der Waals surface area contributed by atoms with Crippen molar-refractivity contribution in [1.29, 1.82) is 0 Å². The van der Waals surface area contributed by atoms with Crippen LogP contribution in [0.15, 0.2) is 52.0 Å². The maximum absolute atomic E-state index is 11.0. The molecule has 0 radical (unpaired) electrons. The van der Waals surface area contributed by atoms with Gasteiger partial charge in [0.15, 0.2) is 5.17 Å². The van der Waals surface area contributed by atoms with Gasteiger partial charge in [-0.05, 0) is 28.6 Å². The predicted molar refractivity (Wildman–Crippen MR) is 85.4 cm³/mol. The van der Waals surface area contributed by atoms with Crippen LogP contribution < -0.4 is 5.32 Å². The summed E-state index contributed by atoms with van der Waals surface area (Å²) in [6, 6.07) is 12.2. The number of thioether (sulfide) groups is 1. The van der Waals surface area contributed by atoms with E-state index in [1.165, 1.54) is 22.2 Å². The Balaban J connectivity index is 1.75. The molecule has 100 valence electrons. The molecule has 1 aliphatic rings. The molecule has 1 saturated heterocycles. The van der Waals surface area contributed by atoms with Gasteiger partial charge < -0.3 is 5.32 Å². The zero-order valence-corrected chi connectivity index (χ0v) is 12.1. The summed E-state index contributed by atoms with van der Waals surface area (Å²) in [6.45, 7) is 0. The van der Waals surface area contributed by atoms with Gasteiger partial charge in [0.25, 0.3) is 0 Å². The molecule has 1 aromatic carbocycles. The van der Waals surface area contributed by atoms with E-state index in [0.29, 0.717) is 10.9 Å². The molecule has 3 rings (SSSR count). The third-order valence-electron chi connectivity index (χ3n) is 2.63. The Kier molecular flexibility index (Phi) is 3.94. The van der Waals surface area contributed by atoms with Gasteiger partial charge in [0, 0.05) is 4.88 Å². The third kappa shape index (κ3) is 3.15. The summed E-state index contributed by atoms with van der Waals surface area (Å²) >= 11 is 3.07. The highest BCUT2D eigenvalue weighted by Crippen LogP contribution is 2.24. The highest BCUT2D eigenvalue weighted by atomic mass is 32.2. The van der Waals surface area contributed by atoms with Crippen LogP contribution in [0, 0.1) is 0 Å². The summed E-state index contributed by atoms with van der Waals surface area (Å²) in [7, 11) is 0. The molecule has 1 aliphatic heterocycles. The Bertz CT molecular complexity index is 677. The van der Waals surface area contributed by atoms with Crippen molar-refractivity contribution >= 4 is 40.4 Å². The molecule has 1 aromatic heterocycles. The lowest BCUT2D eigenvalue weighted by Gasteiger charge is -1.98. The summed E-state index contributed by atoms with van der Waals surface area (Å²) < 4.78 is 0. The lowest BCUT2D eigenvalue weighted by atomic mass is 10.1. The van der Waals surface area contributed by atoms with Gasteiger partial charge >= 0.3 is 0 Å². The molecule has 0 unspecified atom stereocenters. The van der Waals surface area contributed by atoms with Crippen molar-refractivity contribution in [3.05, 3.63) is 47.3 Å². The monoisotopic (exact) mass is 301 g/mol. The fourth-order valence-electron chi connectivity index (χ4n) is 1.74. The number of hydrogen-bond acceptors (Lipinski definition) is 5. The molecule has 20 heavy (non-hydrogen) atoms. The van der Waals surface area contributed by atoms with Gasteiger partial charge in [-0.1, -0.05) is 36.0 Å². The zero-order chi connectivity index (χ0) is 13.8. The highest BCUT2D eigenvalue weighted by Gasteiger charge is 2.15. The molecule has 0 atom stereocenters. The van der Waals surface area contributed by atoms with E-state index in [1.807, 2.05) is 18.2 Å². The number of hydrogen-bond donors (Lipinski definition) is 1. The van der Waals surface area contributed by atoms with Crippen molar-refractivity contribution in [2.45, 2.75) is 0 Å². The summed E-state index contributed by atoms with van der Waals surface area (Å²) in [5.41, 5.74) is 2.15. The van der Waals surface area contributed by atoms with E-state index in [0.717, 1.165) is 5.56 Å². The van der Waals surface area contributed by atoms with E-state index in [2.05, 4.69) is 39.1 Å². The van der Waals surface area contributed by atoms with Crippen molar-refractivity contribution in [2.75, 3.05) is 5.75 Å². The maximum atomic E-state index is 11.0. The lowest BCUT2D eigenvalue weighted by molar-refractivity contribution is -0.116. The van der Waals surface area contributed by atoms with Crippen LogP contribution in [0.4, 0.5) is 0 Å². The number of rotatable bonds is 3. The predicted octanol–water partition coefficient (Wildman–Crippen LogP) is 2.97. The minimum Gasteiger partial charge on any atom is -0.303 e. The maximum Gasteiger partial charge on any atom is 0.236 e. The minimum absolute atomic E-state index is 0.0244. The van der Waals surface area contributed by atoms with Crippen molar-refractivity contribution in [3.8, 4) is 10.4 Å². The van der Waals surface area contributed by atoms with E-state index in [9.17, 15) is 4.79 Å². The molecule has 2 aromatic rings. The lowest BCUT2D eigenvalue weighted by Crippen LogP contribution is -2.19. The van der Waals surface area contributed by atoms with Crippen LogP contribution in [0.3, 0.4) is 0 Å². The summed E-state index contributed by atoms with van der Waals surface area (Å²) in [4.78, 5) is 12.2. The molecular weight excluding hydrogens is 290 g/mol. The fourth-order valence-corrected chi connectivity index (χ4v) is 3.10. The second-order valence-corrected chi connectivity index (χ2v) is 6.00. The summed E-state index contributed by atoms with van der Waals surface area (Å²) in [6.07, 6.45) is 1.69. The average Bonchev–Trinajstić information content (AvgIpc) is 3.11. The van der Waals surface area contributed by atoms with Crippen molar-refractivity contribution in [1.82, 2.24) is 5.32 Å². The van der Waals surface area contributed by atoms with Crippen LogP contribution in [0.5, 0.6) is 0 Å². The van der Waals surface area contributed by atoms with Crippen molar-refractivity contribution < 1.29 is 4.79 Å². The van der Waals surface area contributed by atoms with Gasteiger partial charge in [0.1, 0.15) is 0 Å². The number of nitrogens with zero attached hydrogens (tertiary/aromatic N) is 2. The van der Waals surface area contributed by atoms with E-state index < -0.39 is 0 Å². The van der Waals surface area contributed by atoms with Crippen LogP contribution >= 0.6 is 23.1 Å². The molecule has 0 bridgehead atoms. The zero-order valence-electron chi connectivity index (χ0n) is 10.4. The first-order chi connectivity index (χ1) is 9.81. The van der Waals surface area contributed by atoms with Gasteiger partial charge in [-0.15, -0.1) is 16.4 Å². The number of carbonyl (C=O) groups is 1.